The SMILES string of the molecule is COCCN1C(=O)C(=O)/C(=C(/O)c2ccc(S(=O)(=O)N(C)C)cc2)C1c1ccc(OC)c(OC)c1. The van der Waals surface area contributed by atoms with Gasteiger partial charge in [-0.3, -0.25) is 9.59 Å². The molecule has 0 bridgehead atoms. The van der Waals surface area contributed by atoms with Crippen LogP contribution in [0, 0.1) is 0 Å². The average Bonchev–Trinajstić information content (AvgIpc) is 3.11. The van der Waals surface area contributed by atoms with Crippen LogP contribution in [0.1, 0.15) is 17.2 Å². The third-order valence-corrected chi connectivity index (χ3v) is 7.54. The predicted molar refractivity (Wildman–Crippen MR) is 128 cm³/mol. The van der Waals surface area contributed by atoms with Crippen LogP contribution in [-0.4, -0.2) is 83.0 Å². The molecular formula is C24H28N2O8S. The Bertz CT molecular complexity index is 1250. The van der Waals surface area contributed by atoms with Gasteiger partial charge in [-0.15, -0.1) is 0 Å². The lowest BCUT2D eigenvalue weighted by Crippen LogP contribution is -2.32. The molecule has 1 amide bonds. The third-order valence-electron chi connectivity index (χ3n) is 5.71. The van der Waals surface area contributed by atoms with Crippen molar-refractivity contribution in [3.63, 3.8) is 0 Å². The number of nitrogens with zero attached hydrogens (tertiary/aromatic N) is 2. The molecule has 1 N–H and O–H groups in total. The summed E-state index contributed by atoms with van der Waals surface area (Å²) in [5.41, 5.74) is 0.589. The molecule has 10 nitrogen and oxygen atoms in total. The summed E-state index contributed by atoms with van der Waals surface area (Å²) in [5.74, 6) is -1.21. The highest BCUT2D eigenvalue weighted by atomic mass is 32.2. The number of benzene rings is 2. The number of likely N-dealkylation sites (tertiary alicyclic amines) is 1. The number of ketones is 1. The highest BCUT2D eigenvalue weighted by Crippen LogP contribution is 2.41. The van der Waals surface area contributed by atoms with Gasteiger partial charge in [-0.05, 0) is 42.0 Å². The predicted octanol–water partition coefficient (Wildman–Crippen LogP) is 2.02. The van der Waals surface area contributed by atoms with Gasteiger partial charge >= 0.3 is 0 Å². The second kappa shape index (κ2) is 10.5. The Balaban J connectivity index is 2.16. The van der Waals surface area contributed by atoms with Crippen LogP contribution in [0.5, 0.6) is 11.5 Å². The van der Waals surface area contributed by atoms with Crippen molar-refractivity contribution in [2.24, 2.45) is 0 Å². The molecule has 1 aliphatic heterocycles. The van der Waals surface area contributed by atoms with Crippen LogP contribution >= 0.6 is 0 Å². The standard InChI is InChI=1S/C24H28N2O8S/c1-25(2)35(30,31)17-9-6-15(7-10-17)22(27)20-21(26(12-13-32-3)24(29)23(20)28)16-8-11-18(33-4)19(14-16)34-5/h6-11,14,21,27H,12-13H2,1-5H3/b22-20+. The Morgan fingerprint density at radius 1 is 1.00 bits per heavy atom. The molecule has 1 unspecified atom stereocenters. The number of sulfonamides is 1. The topological polar surface area (TPSA) is 123 Å². The van der Waals surface area contributed by atoms with E-state index in [-0.39, 0.29) is 29.2 Å². The van der Waals surface area contributed by atoms with Gasteiger partial charge in [0.1, 0.15) is 5.76 Å². The maximum absolute atomic E-state index is 13.1. The highest BCUT2D eigenvalue weighted by Gasteiger charge is 2.46. The maximum Gasteiger partial charge on any atom is 0.295 e. The molecule has 1 atom stereocenters. The van der Waals surface area contributed by atoms with E-state index in [4.69, 9.17) is 14.2 Å². The van der Waals surface area contributed by atoms with Gasteiger partial charge in [0.2, 0.25) is 10.0 Å². The van der Waals surface area contributed by atoms with Crippen LogP contribution in [0.15, 0.2) is 52.9 Å². The molecule has 0 aromatic heterocycles. The second-order valence-electron chi connectivity index (χ2n) is 7.91. The molecule has 2 aromatic rings. The van der Waals surface area contributed by atoms with Gasteiger partial charge in [0.15, 0.2) is 11.5 Å². The van der Waals surface area contributed by atoms with E-state index in [0.29, 0.717) is 17.1 Å². The number of amides is 1. The summed E-state index contributed by atoms with van der Waals surface area (Å²) in [6.45, 7) is 0.283. The van der Waals surface area contributed by atoms with Gasteiger partial charge in [0.25, 0.3) is 11.7 Å². The molecule has 11 heteroatoms. The fourth-order valence-electron chi connectivity index (χ4n) is 3.82. The van der Waals surface area contributed by atoms with Crippen LogP contribution in [0.3, 0.4) is 0 Å². The van der Waals surface area contributed by atoms with Crippen LogP contribution in [-0.2, 0) is 24.3 Å². The van der Waals surface area contributed by atoms with Crippen LogP contribution in [0.4, 0.5) is 0 Å². The zero-order valence-electron chi connectivity index (χ0n) is 20.1. The summed E-state index contributed by atoms with van der Waals surface area (Å²) in [6, 6.07) is 9.47. The third kappa shape index (κ3) is 4.88. The van der Waals surface area contributed by atoms with Gasteiger partial charge in [-0.2, -0.15) is 0 Å². The summed E-state index contributed by atoms with van der Waals surface area (Å²) in [5, 5.41) is 11.1. The number of hydrogen-bond acceptors (Lipinski definition) is 8. The van der Waals surface area contributed by atoms with Crippen LogP contribution in [0.25, 0.3) is 5.76 Å². The van der Waals surface area contributed by atoms with Crippen LogP contribution in [0.2, 0.25) is 0 Å². The Labute approximate surface area is 204 Å². The number of aliphatic hydroxyl groups excluding tert-OH is 1. The monoisotopic (exact) mass is 504 g/mol. The van der Waals surface area contributed by atoms with E-state index in [0.717, 1.165) is 4.31 Å². The first-order valence-corrected chi connectivity index (χ1v) is 12.0. The Morgan fingerprint density at radius 2 is 1.63 bits per heavy atom. The van der Waals surface area contributed by atoms with Crippen molar-refractivity contribution >= 4 is 27.5 Å². The molecule has 0 radical (unpaired) electrons. The molecule has 35 heavy (non-hydrogen) atoms. The fraction of sp³-hybridized carbons (Fsp3) is 0.333. The van der Waals surface area contributed by atoms with Gasteiger partial charge in [-0.1, -0.05) is 6.07 Å². The number of rotatable bonds is 9. The molecule has 1 heterocycles. The summed E-state index contributed by atoms with van der Waals surface area (Å²) >= 11 is 0. The van der Waals surface area contributed by atoms with Gasteiger partial charge < -0.3 is 24.2 Å². The molecule has 3 rings (SSSR count). The number of Topliss-reactive ketones (excluding diaryl/α,β-unsaturated/α-hetero) is 1. The molecule has 0 spiro atoms. The molecule has 1 fully saturated rings. The van der Waals surface area contributed by atoms with E-state index in [1.54, 1.807) is 18.2 Å². The molecule has 0 aliphatic carbocycles. The first-order chi connectivity index (χ1) is 16.6. The first kappa shape index (κ1) is 26.2. The lowest BCUT2D eigenvalue weighted by Gasteiger charge is -2.25. The van der Waals surface area contributed by atoms with Gasteiger partial charge in [0, 0.05) is 33.3 Å². The summed E-state index contributed by atoms with van der Waals surface area (Å²) in [6.07, 6.45) is 0. The second-order valence-corrected chi connectivity index (χ2v) is 10.1. The lowest BCUT2D eigenvalue weighted by molar-refractivity contribution is -0.140. The minimum atomic E-state index is -3.68. The number of carbonyl (C=O) groups excluding carboxylic acids is 2. The van der Waals surface area contributed by atoms with Crippen LogP contribution < -0.4 is 9.47 Å². The van der Waals surface area contributed by atoms with E-state index in [1.165, 1.54) is 64.6 Å². The largest absolute Gasteiger partial charge is 0.507 e. The highest BCUT2D eigenvalue weighted by molar-refractivity contribution is 7.89. The smallest absolute Gasteiger partial charge is 0.295 e. The Morgan fingerprint density at radius 3 is 2.17 bits per heavy atom. The molecule has 1 saturated heterocycles. The zero-order chi connectivity index (χ0) is 25.9. The van der Waals surface area contributed by atoms with E-state index in [9.17, 15) is 23.1 Å². The van der Waals surface area contributed by atoms with Gasteiger partial charge in [-0.25, -0.2) is 12.7 Å². The molecule has 0 saturated carbocycles. The Kier molecular flexibility index (Phi) is 7.83. The first-order valence-electron chi connectivity index (χ1n) is 10.6. The Hall–Kier alpha value is -3.41. The summed E-state index contributed by atoms with van der Waals surface area (Å²) < 4.78 is 41.6. The van der Waals surface area contributed by atoms with E-state index < -0.39 is 33.5 Å². The van der Waals surface area contributed by atoms with E-state index in [1.807, 2.05) is 0 Å². The minimum Gasteiger partial charge on any atom is -0.507 e. The number of aliphatic hydroxyl groups is 1. The molecule has 1 aliphatic rings. The van der Waals surface area contributed by atoms with Crippen molar-refractivity contribution < 1.29 is 37.3 Å². The number of carbonyl (C=O) groups is 2. The van der Waals surface area contributed by atoms with Crippen molar-refractivity contribution in [3.8, 4) is 11.5 Å². The normalized spacial score (nSPS) is 17.8. The van der Waals surface area contributed by atoms with Crippen molar-refractivity contribution in [2.45, 2.75) is 10.9 Å². The number of hydrogen-bond donors (Lipinski definition) is 1. The number of methoxy groups -OCH3 is 3. The summed E-state index contributed by atoms with van der Waals surface area (Å²) in [7, 11) is 3.57. The maximum atomic E-state index is 13.1. The fourth-order valence-corrected chi connectivity index (χ4v) is 4.72. The summed E-state index contributed by atoms with van der Waals surface area (Å²) in [4.78, 5) is 27.3. The molecule has 188 valence electrons. The van der Waals surface area contributed by atoms with Crippen molar-refractivity contribution in [1.29, 1.82) is 0 Å². The van der Waals surface area contributed by atoms with Crippen molar-refractivity contribution in [2.75, 3.05) is 48.6 Å². The van der Waals surface area contributed by atoms with Crippen molar-refractivity contribution in [1.82, 2.24) is 9.21 Å². The zero-order valence-corrected chi connectivity index (χ0v) is 21.0. The lowest BCUT2D eigenvalue weighted by atomic mass is 9.95. The van der Waals surface area contributed by atoms with E-state index >= 15 is 0 Å². The number of ether oxygens (including phenoxy) is 3. The average molecular weight is 505 g/mol. The minimum absolute atomic E-state index is 0.0241. The molecule has 2 aromatic carbocycles. The molecular weight excluding hydrogens is 476 g/mol. The van der Waals surface area contributed by atoms with Crippen molar-refractivity contribution in [3.05, 3.63) is 59.2 Å². The quantitative estimate of drug-likeness (QED) is 0.313. The van der Waals surface area contributed by atoms with Gasteiger partial charge in [0.05, 0.1) is 37.3 Å². The van der Waals surface area contributed by atoms with E-state index in [2.05, 4.69) is 0 Å².